The van der Waals surface area contributed by atoms with E-state index in [1.807, 2.05) is 0 Å². The van der Waals surface area contributed by atoms with Crippen LogP contribution in [0.15, 0.2) is 0 Å². The lowest BCUT2D eigenvalue weighted by atomic mass is 10.5. The Bertz CT molecular complexity index is 547. The molecule has 1 fully saturated rings. The van der Waals surface area contributed by atoms with Crippen LogP contribution in [-0.2, 0) is 15.7 Å². The first-order chi connectivity index (χ1) is 9.20. The molecule has 0 N–H and O–H groups in total. The number of rotatable bonds is 2. The minimum atomic E-state index is -4.64. The highest BCUT2D eigenvalue weighted by atomic mass is 32.1. The van der Waals surface area contributed by atoms with Crippen molar-refractivity contribution in [1.82, 2.24) is 15.1 Å². The molecule has 0 radical (unpaired) electrons. The number of anilines is 1. The van der Waals surface area contributed by atoms with Crippen LogP contribution in [0.2, 0.25) is 0 Å². The lowest BCUT2D eigenvalue weighted by Crippen LogP contribution is -2.37. The molecule has 20 heavy (non-hydrogen) atoms. The quantitative estimate of drug-likeness (QED) is 0.770. The van der Waals surface area contributed by atoms with Crippen molar-refractivity contribution in [3.63, 3.8) is 0 Å². The molecule has 1 aromatic rings. The van der Waals surface area contributed by atoms with Gasteiger partial charge in [-0.2, -0.15) is 13.2 Å². The van der Waals surface area contributed by atoms with E-state index >= 15 is 0 Å². The van der Waals surface area contributed by atoms with Gasteiger partial charge in [0, 0.05) is 14.0 Å². The summed E-state index contributed by atoms with van der Waals surface area (Å²) >= 11 is 0.214. The maximum absolute atomic E-state index is 12.5. The molecule has 1 aromatic heterocycles. The van der Waals surface area contributed by atoms with Crippen LogP contribution in [0.25, 0.3) is 0 Å². The van der Waals surface area contributed by atoms with E-state index in [2.05, 4.69) is 10.2 Å². The highest BCUT2D eigenvalue weighted by molar-refractivity contribution is 7.15. The number of esters is 1. The second-order valence-electron chi connectivity index (χ2n) is 3.98. The van der Waals surface area contributed by atoms with Crippen LogP contribution in [0.5, 0.6) is 0 Å². The third-order valence-corrected chi connectivity index (χ3v) is 3.38. The molecule has 7 nitrogen and oxygen atoms in total. The van der Waals surface area contributed by atoms with Gasteiger partial charge in [0.1, 0.15) is 0 Å². The average Bonchev–Trinajstić information content (AvgIpc) is 2.84. The number of ether oxygens (including phenoxy) is 1. The minimum Gasteiger partial charge on any atom is -0.439 e. The van der Waals surface area contributed by atoms with Crippen molar-refractivity contribution in [2.24, 2.45) is 0 Å². The van der Waals surface area contributed by atoms with Crippen LogP contribution in [-0.4, -0.2) is 46.9 Å². The number of likely N-dealkylation sites (N-methyl/N-ethyl adjacent to an activating group) is 1. The van der Waals surface area contributed by atoms with Gasteiger partial charge in [-0.3, -0.25) is 4.79 Å². The van der Waals surface area contributed by atoms with Gasteiger partial charge in [-0.25, -0.2) is 9.69 Å². The normalized spacial score (nSPS) is 19.6. The molecule has 0 aromatic carbocycles. The van der Waals surface area contributed by atoms with E-state index in [-0.39, 0.29) is 23.0 Å². The lowest BCUT2D eigenvalue weighted by molar-refractivity contribution is -0.145. The zero-order chi connectivity index (χ0) is 15.1. The van der Waals surface area contributed by atoms with Crippen molar-refractivity contribution in [2.45, 2.75) is 19.3 Å². The minimum absolute atomic E-state index is 0.0410. The van der Waals surface area contributed by atoms with Gasteiger partial charge in [0.25, 0.3) is 0 Å². The summed E-state index contributed by atoms with van der Waals surface area (Å²) in [4.78, 5) is 24.9. The van der Waals surface area contributed by atoms with E-state index in [1.54, 1.807) is 0 Å². The molecule has 0 aliphatic carbocycles. The highest BCUT2D eigenvalue weighted by Crippen LogP contribution is 2.36. The summed E-state index contributed by atoms with van der Waals surface area (Å²) in [6.07, 6.45) is -5.65. The Labute approximate surface area is 114 Å². The Hall–Kier alpha value is -1.91. The SMILES string of the molecule is CC(=O)OC1CN(C)C(=O)N1c1nnc(C(F)(F)F)s1. The number of aromatic nitrogens is 2. The smallest absolute Gasteiger partial charge is 0.439 e. The number of nitrogens with zero attached hydrogens (tertiary/aromatic N) is 4. The summed E-state index contributed by atoms with van der Waals surface area (Å²) in [6.45, 7) is 1.18. The first-order valence-electron chi connectivity index (χ1n) is 5.32. The summed E-state index contributed by atoms with van der Waals surface area (Å²) in [5.74, 6) is -0.649. The van der Waals surface area contributed by atoms with Gasteiger partial charge < -0.3 is 9.64 Å². The number of halogens is 3. The van der Waals surface area contributed by atoms with Gasteiger partial charge in [0.2, 0.25) is 16.4 Å². The molecule has 0 bridgehead atoms. The maximum atomic E-state index is 12.5. The van der Waals surface area contributed by atoms with Crippen molar-refractivity contribution in [3.8, 4) is 0 Å². The fourth-order valence-electron chi connectivity index (χ4n) is 1.62. The number of carbonyl (C=O) groups excluding carboxylic acids is 2. The molecular weight excluding hydrogens is 301 g/mol. The topological polar surface area (TPSA) is 75.6 Å². The van der Waals surface area contributed by atoms with Gasteiger partial charge in [0.15, 0.2) is 0 Å². The second-order valence-corrected chi connectivity index (χ2v) is 4.94. The van der Waals surface area contributed by atoms with E-state index < -0.39 is 29.4 Å². The van der Waals surface area contributed by atoms with Crippen molar-refractivity contribution < 1.29 is 27.5 Å². The van der Waals surface area contributed by atoms with Crippen LogP contribution in [0.1, 0.15) is 11.9 Å². The zero-order valence-corrected chi connectivity index (χ0v) is 11.2. The predicted octanol–water partition coefficient (Wildman–Crippen LogP) is 1.32. The standard InChI is InChI=1S/C9H9F3N4O3S/c1-4(17)19-5-3-15(2)8(18)16(5)7-14-13-6(20-7)9(10,11)12/h5H,3H2,1-2H3. The van der Waals surface area contributed by atoms with Gasteiger partial charge >= 0.3 is 18.2 Å². The summed E-state index contributed by atoms with van der Waals surface area (Å²) in [5, 5.41) is 4.90. The Kier molecular flexibility index (Phi) is 3.54. The Morgan fingerprint density at radius 2 is 2.10 bits per heavy atom. The highest BCUT2D eigenvalue weighted by Gasteiger charge is 2.43. The second kappa shape index (κ2) is 4.89. The summed E-state index contributed by atoms with van der Waals surface area (Å²) in [6, 6.07) is -0.610. The predicted molar refractivity (Wildman–Crippen MR) is 61.0 cm³/mol. The average molecular weight is 310 g/mol. The number of hydrogen-bond acceptors (Lipinski definition) is 6. The fourth-order valence-corrected chi connectivity index (χ4v) is 2.36. The molecule has 1 aliphatic heterocycles. The first-order valence-corrected chi connectivity index (χ1v) is 6.14. The number of urea groups is 1. The molecule has 0 saturated carbocycles. The fraction of sp³-hybridized carbons (Fsp3) is 0.556. The largest absolute Gasteiger partial charge is 0.445 e. The summed E-state index contributed by atoms with van der Waals surface area (Å²) < 4.78 is 42.3. The molecular formula is C9H9F3N4O3S. The van der Waals surface area contributed by atoms with Gasteiger partial charge in [0.05, 0.1) is 6.54 Å². The first kappa shape index (κ1) is 14.5. The lowest BCUT2D eigenvalue weighted by Gasteiger charge is -2.18. The third-order valence-electron chi connectivity index (χ3n) is 2.42. The van der Waals surface area contributed by atoms with Crippen molar-refractivity contribution >= 4 is 28.5 Å². The number of amides is 2. The van der Waals surface area contributed by atoms with Crippen molar-refractivity contribution in [3.05, 3.63) is 5.01 Å². The van der Waals surface area contributed by atoms with E-state index in [0.717, 1.165) is 11.8 Å². The number of alkyl halides is 3. The number of carbonyl (C=O) groups is 2. The van der Waals surface area contributed by atoms with Gasteiger partial charge in [-0.1, -0.05) is 11.3 Å². The van der Waals surface area contributed by atoms with E-state index in [0.29, 0.717) is 0 Å². The molecule has 1 unspecified atom stereocenters. The summed E-state index contributed by atoms with van der Waals surface area (Å²) in [7, 11) is 1.44. The number of hydrogen-bond donors (Lipinski definition) is 0. The Morgan fingerprint density at radius 3 is 2.60 bits per heavy atom. The molecule has 1 aliphatic rings. The van der Waals surface area contributed by atoms with Crippen LogP contribution < -0.4 is 4.90 Å². The van der Waals surface area contributed by atoms with Crippen LogP contribution in [0, 0.1) is 0 Å². The van der Waals surface area contributed by atoms with Crippen LogP contribution in [0.3, 0.4) is 0 Å². The molecule has 2 amide bonds. The van der Waals surface area contributed by atoms with Crippen LogP contribution in [0.4, 0.5) is 23.1 Å². The molecule has 1 atom stereocenters. The summed E-state index contributed by atoms with van der Waals surface area (Å²) in [5.41, 5.74) is 0. The molecule has 11 heteroatoms. The van der Waals surface area contributed by atoms with Gasteiger partial charge in [-0.15, -0.1) is 10.2 Å². The van der Waals surface area contributed by atoms with E-state index in [4.69, 9.17) is 4.74 Å². The van der Waals surface area contributed by atoms with Crippen molar-refractivity contribution in [2.75, 3.05) is 18.5 Å². The molecule has 1 saturated heterocycles. The van der Waals surface area contributed by atoms with E-state index in [9.17, 15) is 22.8 Å². The van der Waals surface area contributed by atoms with Crippen LogP contribution >= 0.6 is 11.3 Å². The Balaban J connectivity index is 2.30. The molecule has 2 heterocycles. The maximum Gasteiger partial charge on any atom is 0.445 e. The molecule has 2 rings (SSSR count). The zero-order valence-electron chi connectivity index (χ0n) is 10.3. The Morgan fingerprint density at radius 1 is 1.45 bits per heavy atom. The molecule has 110 valence electrons. The molecule has 0 spiro atoms. The van der Waals surface area contributed by atoms with E-state index in [1.165, 1.54) is 11.9 Å². The van der Waals surface area contributed by atoms with Crippen molar-refractivity contribution in [1.29, 1.82) is 0 Å². The van der Waals surface area contributed by atoms with Gasteiger partial charge in [-0.05, 0) is 0 Å². The monoisotopic (exact) mass is 310 g/mol. The third kappa shape index (κ3) is 2.66.